The minimum absolute atomic E-state index is 0.0131. The minimum Gasteiger partial charge on any atom is -0.365 e. The van der Waals surface area contributed by atoms with Crippen LogP contribution in [0.5, 0.6) is 0 Å². The number of urea groups is 1. The number of hydrogen-bond donors (Lipinski definition) is 2. The number of amides is 3. The fourth-order valence-electron chi connectivity index (χ4n) is 3.89. The quantitative estimate of drug-likeness (QED) is 0.581. The van der Waals surface area contributed by atoms with E-state index >= 15 is 0 Å². The van der Waals surface area contributed by atoms with Gasteiger partial charge in [-0.25, -0.2) is 14.8 Å². The van der Waals surface area contributed by atoms with E-state index in [4.69, 9.17) is 5.73 Å². The summed E-state index contributed by atoms with van der Waals surface area (Å²) >= 11 is 0. The van der Waals surface area contributed by atoms with Crippen molar-refractivity contribution in [2.45, 2.75) is 25.8 Å². The molecular formula is C25H28N6O2. The number of nitrogens with zero attached hydrogens (tertiary/aromatic N) is 4. The molecule has 3 aromatic rings. The molecule has 3 amide bonds. The molecule has 1 fully saturated rings. The van der Waals surface area contributed by atoms with E-state index in [1.165, 1.54) is 6.20 Å². The van der Waals surface area contributed by atoms with E-state index in [0.717, 1.165) is 42.7 Å². The Labute approximate surface area is 193 Å². The molecule has 0 aliphatic carbocycles. The lowest BCUT2D eigenvalue weighted by Gasteiger charge is -2.24. The van der Waals surface area contributed by atoms with Crippen molar-refractivity contribution in [2.24, 2.45) is 5.73 Å². The van der Waals surface area contributed by atoms with Gasteiger partial charge in [-0.1, -0.05) is 42.5 Å². The highest BCUT2D eigenvalue weighted by Crippen LogP contribution is 2.21. The average molecular weight is 445 g/mol. The molecule has 2 heterocycles. The van der Waals surface area contributed by atoms with Crippen LogP contribution in [0.2, 0.25) is 0 Å². The number of aromatic nitrogens is 2. The number of carbonyl (C=O) groups excluding carboxylic acids is 2. The van der Waals surface area contributed by atoms with Crippen molar-refractivity contribution >= 4 is 23.4 Å². The van der Waals surface area contributed by atoms with E-state index in [1.807, 2.05) is 59.5 Å². The third kappa shape index (κ3) is 5.46. The summed E-state index contributed by atoms with van der Waals surface area (Å²) in [6.07, 6.45) is 4.03. The maximum atomic E-state index is 12.7. The summed E-state index contributed by atoms with van der Waals surface area (Å²) in [5, 5.41) is 3.20. The molecule has 1 aromatic heterocycles. The first kappa shape index (κ1) is 22.3. The number of primary amides is 1. The molecule has 4 rings (SSSR count). The van der Waals surface area contributed by atoms with Crippen LogP contribution in [0.4, 0.5) is 16.3 Å². The summed E-state index contributed by atoms with van der Waals surface area (Å²) in [5.41, 5.74) is 8.62. The standard InChI is InChI=1S/C25H28N6O2/c1-30(25(33)31-12-5-6-13-31)20-11-7-10-19(14-20)15-22-27-17-21(23(26)32)24(29-22)28-16-18-8-3-2-4-9-18/h2-4,7-11,14,17H,5-6,12-13,15-16H2,1H3,(H2,26,32)(H,27,28,29). The molecule has 0 unspecified atom stereocenters. The van der Waals surface area contributed by atoms with Gasteiger partial charge in [0.05, 0.1) is 5.56 Å². The highest BCUT2D eigenvalue weighted by Gasteiger charge is 2.22. The first-order chi connectivity index (χ1) is 16.0. The number of benzene rings is 2. The molecule has 8 nitrogen and oxygen atoms in total. The largest absolute Gasteiger partial charge is 0.365 e. The Balaban J connectivity index is 1.50. The first-order valence-corrected chi connectivity index (χ1v) is 11.1. The van der Waals surface area contributed by atoms with E-state index in [2.05, 4.69) is 15.3 Å². The number of rotatable bonds is 7. The Morgan fingerprint density at radius 1 is 1.06 bits per heavy atom. The second-order valence-corrected chi connectivity index (χ2v) is 8.13. The lowest BCUT2D eigenvalue weighted by molar-refractivity contribution is 0.100. The zero-order valence-electron chi connectivity index (χ0n) is 18.7. The summed E-state index contributed by atoms with van der Waals surface area (Å²) in [6, 6.07) is 17.6. The zero-order valence-corrected chi connectivity index (χ0v) is 18.7. The van der Waals surface area contributed by atoms with E-state index in [1.54, 1.807) is 11.9 Å². The Hall–Kier alpha value is -3.94. The molecule has 0 bridgehead atoms. The van der Waals surface area contributed by atoms with Gasteiger partial charge in [0.15, 0.2) is 0 Å². The van der Waals surface area contributed by atoms with Crippen LogP contribution in [0.1, 0.15) is 40.2 Å². The molecule has 0 atom stereocenters. The number of hydrogen-bond acceptors (Lipinski definition) is 5. The molecule has 1 aliphatic heterocycles. The van der Waals surface area contributed by atoms with Gasteiger partial charge in [0.25, 0.3) is 5.91 Å². The number of anilines is 2. The van der Waals surface area contributed by atoms with Gasteiger partial charge in [-0.05, 0) is 36.1 Å². The zero-order chi connectivity index (χ0) is 23.2. The normalized spacial score (nSPS) is 13.1. The third-order valence-corrected chi connectivity index (χ3v) is 5.73. The van der Waals surface area contributed by atoms with E-state index in [0.29, 0.717) is 24.6 Å². The van der Waals surface area contributed by atoms with Crippen LogP contribution in [0.25, 0.3) is 0 Å². The predicted molar refractivity (Wildman–Crippen MR) is 128 cm³/mol. The van der Waals surface area contributed by atoms with Crippen LogP contribution in [0, 0.1) is 0 Å². The smallest absolute Gasteiger partial charge is 0.324 e. The van der Waals surface area contributed by atoms with E-state index in [9.17, 15) is 9.59 Å². The van der Waals surface area contributed by atoms with Crippen molar-refractivity contribution < 1.29 is 9.59 Å². The molecule has 2 aromatic carbocycles. The Morgan fingerprint density at radius 2 is 1.79 bits per heavy atom. The number of likely N-dealkylation sites (tertiary alicyclic amines) is 1. The minimum atomic E-state index is -0.582. The van der Waals surface area contributed by atoms with Crippen molar-refractivity contribution in [3.8, 4) is 0 Å². The van der Waals surface area contributed by atoms with Crippen LogP contribution in [-0.4, -0.2) is 46.9 Å². The maximum absolute atomic E-state index is 12.7. The van der Waals surface area contributed by atoms with Gasteiger partial charge in [0.2, 0.25) is 0 Å². The van der Waals surface area contributed by atoms with Gasteiger partial charge in [-0.2, -0.15) is 0 Å². The van der Waals surface area contributed by atoms with Crippen molar-refractivity contribution in [1.82, 2.24) is 14.9 Å². The van der Waals surface area contributed by atoms with Gasteiger partial charge in [0, 0.05) is 45.0 Å². The van der Waals surface area contributed by atoms with Gasteiger partial charge in [0.1, 0.15) is 11.6 Å². The van der Waals surface area contributed by atoms with Crippen LogP contribution in [0.15, 0.2) is 60.8 Å². The predicted octanol–water partition coefficient (Wildman–Crippen LogP) is 3.43. The Morgan fingerprint density at radius 3 is 2.52 bits per heavy atom. The second kappa shape index (κ2) is 10.1. The monoisotopic (exact) mass is 444 g/mol. The third-order valence-electron chi connectivity index (χ3n) is 5.73. The molecule has 0 spiro atoms. The molecule has 33 heavy (non-hydrogen) atoms. The lowest BCUT2D eigenvalue weighted by atomic mass is 10.1. The summed E-state index contributed by atoms with van der Waals surface area (Å²) in [7, 11) is 1.80. The van der Waals surface area contributed by atoms with Gasteiger partial charge < -0.3 is 16.0 Å². The Kier molecular flexibility index (Phi) is 6.83. The number of nitrogens with one attached hydrogen (secondary N) is 1. The molecule has 1 aliphatic rings. The fourth-order valence-corrected chi connectivity index (χ4v) is 3.89. The topological polar surface area (TPSA) is 104 Å². The van der Waals surface area contributed by atoms with Gasteiger partial charge in [-0.15, -0.1) is 0 Å². The maximum Gasteiger partial charge on any atom is 0.324 e. The van der Waals surface area contributed by atoms with Crippen LogP contribution in [0.3, 0.4) is 0 Å². The van der Waals surface area contributed by atoms with Crippen molar-refractivity contribution in [2.75, 3.05) is 30.4 Å². The van der Waals surface area contributed by atoms with Crippen molar-refractivity contribution in [1.29, 1.82) is 0 Å². The summed E-state index contributed by atoms with van der Waals surface area (Å²) < 4.78 is 0. The lowest BCUT2D eigenvalue weighted by Crippen LogP contribution is -2.39. The summed E-state index contributed by atoms with van der Waals surface area (Å²) in [4.78, 5) is 37.0. The van der Waals surface area contributed by atoms with E-state index < -0.39 is 5.91 Å². The molecule has 0 saturated carbocycles. The Bertz CT molecular complexity index is 1130. The highest BCUT2D eigenvalue weighted by atomic mass is 16.2. The highest BCUT2D eigenvalue weighted by molar-refractivity contribution is 5.97. The molecule has 170 valence electrons. The van der Waals surface area contributed by atoms with Gasteiger partial charge in [-0.3, -0.25) is 9.69 Å². The number of carbonyl (C=O) groups is 2. The SMILES string of the molecule is CN(C(=O)N1CCCC1)c1cccc(Cc2ncc(C(N)=O)c(NCc3ccccc3)n2)c1. The van der Waals surface area contributed by atoms with Crippen LogP contribution in [-0.2, 0) is 13.0 Å². The van der Waals surface area contributed by atoms with Crippen LogP contribution < -0.4 is 16.0 Å². The molecule has 1 saturated heterocycles. The van der Waals surface area contributed by atoms with Crippen molar-refractivity contribution in [3.05, 3.63) is 83.3 Å². The first-order valence-electron chi connectivity index (χ1n) is 11.1. The second-order valence-electron chi connectivity index (χ2n) is 8.13. The molecule has 8 heteroatoms. The van der Waals surface area contributed by atoms with Gasteiger partial charge >= 0.3 is 6.03 Å². The fraction of sp³-hybridized carbons (Fsp3) is 0.280. The molecule has 3 N–H and O–H groups in total. The van der Waals surface area contributed by atoms with E-state index in [-0.39, 0.29) is 11.6 Å². The summed E-state index contributed by atoms with van der Waals surface area (Å²) in [5.74, 6) is 0.385. The number of nitrogens with two attached hydrogens (primary N) is 1. The van der Waals surface area contributed by atoms with Crippen molar-refractivity contribution in [3.63, 3.8) is 0 Å². The summed E-state index contributed by atoms with van der Waals surface area (Å²) in [6.45, 7) is 2.12. The molecule has 0 radical (unpaired) electrons. The average Bonchev–Trinajstić information content (AvgIpc) is 3.38. The van der Waals surface area contributed by atoms with Crippen LogP contribution >= 0.6 is 0 Å². The molecular weight excluding hydrogens is 416 g/mol.